The highest BCUT2D eigenvalue weighted by Crippen LogP contribution is 2.33. The number of allylic oxidation sites excluding steroid dienone is 1. The van der Waals surface area contributed by atoms with E-state index in [1.807, 2.05) is 6.07 Å². The number of benzene rings is 1. The van der Waals surface area contributed by atoms with Gasteiger partial charge in [0.2, 0.25) is 0 Å². The molecule has 2 heterocycles. The smallest absolute Gasteiger partial charge is 0.274 e. The van der Waals surface area contributed by atoms with E-state index in [9.17, 15) is 9.59 Å². The first-order valence-electron chi connectivity index (χ1n) is 9.29. The van der Waals surface area contributed by atoms with Crippen LogP contribution in [0.3, 0.4) is 0 Å². The summed E-state index contributed by atoms with van der Waals surface area (Å²) >= 11 is 0. The second-order valence-corrected chi connectivity index (χ2v) is 6.54. The molecule has 0 radical (unpaired) electrons. The van der Waals surface area contributed by atoms with Gasteiger partial charge in [-0.25, -0.2) is 4.98 Å². The second-order valence-electron chi connectivity index (χ2n) is 6.54. The van der Waals surface area contributed by atoms with Crippen LogP contribution in [0.2, 0.25) is 0 Å². The van der Waals surface area contributed by atoms with Crippen LogP contribution in [0.15, 0.2) is 43.4 Å². The monoisotopic (exact) mass is 396 g/mol. The third-order valence-electron chi connectivity index (χ3n) is 4.80. The highest BCUT2D eigenvalue weighted by atomic mass is 16.5. The molecule has 0 aliphatic carbocycles. The molecule has 1 saturated heterocycles. The maximum absolute atomic E-state index is 13.0. The fraction of sp³-hybridized carbons (Fsp3) is 0.333. The molecule has 0 bridgehead atoms. The van der Waals surface area contributed by atoms with Crippen LogP contribution in [-0.4, -0.2) is 72.0 Å². The number of rotatable bonds is 6. The first-order chi connectivity index (χ1) is 14.1. The van der Waals surface area contributed by atoms with Crippen molar-refractivity contribution in [3.63, 3.8) is 0 Å². The van der Waals surface area contributed by atoms with Crippen molar-refractivity contribution in [1.82, 2.24) is 19.8 Å². The molecule has 8 nitrogen and oxygen atoms in total. The number of methoxy groups -OCH3 is 2. The zero-order valence-electron chi connectivity index (χ0n) is 16.6. The van der Waals surface area contributed by atoms with Gasteiger partial charge in [-0.1, -0.05) is 6.08 Å². The molecule has 1 fully saturated rings. The number of ether oxygens (including phenoxy) is 2. The molecule has 1 aromatic heterocycles. The summed E-state index contributed by atoms with van der Waals surface area (Å²) in [4.78, 5) is 37.0. The predicted molar refractivity (Wildman–Crippen MR) is 107 cm³/mol. The quantitative estimate of drug-likeness (QED) is 0.693. The minimum Gasteiger partial charge on any atom is -0.493 e. The Morgan fingerprint density at radius 3 is 2.31 bits per heavy atom. The molecule has 1 aliphatic rings. The number of aromatic nitrogens is 2. The van der Waals surface area contributed by atoms with E-state index in [-0.39, 0.29) is 11.8 Å². The van der Waals surface area contributed by atoms with Crippen LogP contribution in [0.5, 0.6) is 11.5 Å². The Hall–Kier alpha value is -3.42. The van der Waals surface area contributed by atoms with Crippen molar-refractivity contribution < 1.29 is 19.1 Å². The third kappa shape index (κ3) is 4.37. The Balaban J connectivity index is 1.73. The summed E-state index contributed by atoms with van der Waals surface area (Å²) in [5.74, 6) is 0.822. The topological polar surface area (TPSA) is 84.9 Å². The van der Waals surface area contributed by atoms with Gasteiger partial charge in [-0.2, -0.15) is 0 Å². The van der Waals surface area contributed by atoms with Gasteiger partial charge in [-0.05, 0) is 18.6 Å². The molecular formula is C21H24N4O4. The van der Waals surface area contributed by atoms with E-state index in [1.54, 1.807) is 36.2 Å². The molecule has 0 saturated carbocycles. The number of piperazine rings is 1. The van der Waals surface area contributed by atoms with E-state index in [4.69, 9.17) is 9.47 Å². The molecule has 0 unspecified atom stereocenters. The van der Waals surface area contributed by atoms with Gasteiger partial charge in [0, 0.05) is 49.7 Å². The molecule has 2 aromatic rings. The van der Waals surface area contributed by atoms with Crippen LogP contribution in [0.25, 0.3) is 0 Å². The minimum absolute atomic E-state index is 0.108. The zero-order chi connectivity index (χ0) is 20.8. The van der Waals surface area contributed by atoms with Crippen LogP contribution < -0.4 is 9.47 Å². The van der Waals surface area contributed by atoms with Crippen LogP contribution >= 0.6 is 0 Å². The molecule has 0 N–H and O–H groups in total. The molecule has 1 aliphatic heterocycles. The first-order valence-corrected chi connectivity index (χ1v) is 9.29. The molecule has 29 heavy (non-hydrogen) atoms. The number of hydrogen-bond acceptors (Lipinski definition) is 6. The van der Waals surface area contributed by atoms with Gasteiger partial charge in [-0.15, -0.1) is 6.58 Å². The van der Waals surface area contributed by atoms with Crippen molar-refractivity contribution in [2.24, 2.45) is 0 Å². The Labute approximate surface area is 169 Å². The molecule has 152 valence electrons. The Kier molecular flexibility index (Phi) is 6.43. The summed E-state index contributed by atoms with van der Waals surface area (Å²) in [7, 11) is 3.11. The van der Waals surface area contributed by atoms with Crippen molar-refractivity contribution in [2.75, 3.05) is 40.4 Å². The van der Waals surface area contributed by atoms with Crippen molar-refractivity contribution >= 4 is 11.8 Å². The van der Waals surface area contributed by atoms with Crippen molar-refractivity contribution in [2.45, 2.75) is 6.42 Å². The number of carbonyl (C=O) groups excluding carboxylic acids is 2. The average Bonchev–Trinajstić information content (AvgIpc) is 2.78. The van der Waals surface area contributed by atoms with Crippen molar-refractivity contribution in [3.05, 3.63) is 60.2 Å². The summed E-state index contributed by atoms with van der Waals surface area (Å²) in [6, 6.07) is 3.49. The van der Waals surface area contributed by atoms with E-state index in [1.165, 1.54) is 18.6 Å². The van der Waals surface area contributed by atoms with Gasteiger partial charge in [0.05, 0.1) is 20.4 Å². The van der Waals surface area contributed by atoms with Crippen LogP contribution in [-0.2, 0) is 6.42 Å². The van der Waals surface area contributed by atoms with Gasteiger partial charge in [0.1, 0.15) is 5.69 Å². The maximum Gasteiger partial charge on any atom is 0.274 e. The van der Waals surface area contributed by atoms with E-state index in [0.29, 0.717) is 55.4 Å². The lowest BCUT2D eigenvalue weighted by Crippen LogP contribution is -2.50. The molecule has 0 spiro atoms. The lowest BCUT2D eigenvalue weighted by molar-refractivity contribution is 0.0532. The average molecular weight is 396 g/mol. The molecular weight excluding hydrogens is 372 g/mol. The molecule has 3 rings (SSSR count). The molecule has 2 amide bonds. The van der Waals surface area contributed by atoms with Gasteiger partial charge in [-0.3, -0.25) is 14.6 Å². The largest absolute Gasteiger partial charge is 0.493 e. The molecule has 1 aromatic carbocycles. The van der Waals surface area contributed by atoms with Crippen molar-refractivity contribution in [1.29, 1.82) is 0 Å². The summed E-state index contributed by atoms with van der Waals surface area (Å²) in [5.41, 5.74) is 1.66. The van der Waals surface area contributed by atoms with E-state index >= 15 is 0 Å². The zero-order valence-corrected chi connectivity index (χ0v) is 16.6. The van der Waals surface area contributed by atoms with Crippen LogP contribution in [0, 0.1) is 0 Å². The fourth-order valence-electron chi connectivity index (χ4n) is 3.34. The SMILES string of the molecule is C=CCc1cc(C(=O)N2CCN(C(=O)c3cnccn3)CC2)cc(OC)c1OC. The lowest BCUT2D eigenvalue weighted by atomic mass is 10.0. The Morgan fingerprint density at radius 2 is 1.76 bits per heavy atom. The van der Waals surface area contributed by atoms with Gasteiger partial charge < -0.3 is 19.3 Å². The van der Waals surface area contributed by atoms with E-state index in [2.05, 4.69) is 16.5 Å². The summed E-state index contributed by atoms with van der Waals surface area (Å²) in [6.45, 7) is 5.52. The van der Waals surface area contributed by atoms with Crippen molar-refractivity contribution in [3.8, 4) is 11.5 Å². The van der Waals surface area contributed by atoms with E-state index in [0.717, 1.165) is 5.56 Å². The maximum atomic E-state index is 13.0. The number of hydrogen-bond donors (Lipinski definition) is 0. The summed E-state index contributed by atoms with van der Waals surface area (Å²) < 4.78 is 10.8. The van der Waals surface area contributed by atoms with Crippen LogP contribution in [0.1, 0.15) is 26.4 Å². The summed E-state index contributed by atoms with van der Waals surface area (Å²) in [6.07, 6.45) is 6.77. The predicted octanol–water partition coefficient (Wildman–Crippen LogP) is 1.82. The van der Waals surface area contributed by atoms with Gasteiger partial charge >= 0.3 is 0 Å². The van der Waals surface area contributed by atoms with Gasteiger partial charge in [0.25, 0.3) is 11.8 Å². The van der Waals surface area contributed by atoms with Gasteiger partial charge in [0.15, 0.2) is 11.5 Å². The first kappa shape index (κ1) is 20.3. The summed E-state index contributed by atoms with van der Waals surface area (Å²) in [5, 5.41) is 0. The molecule has 8 heteroatoms. The number of nitrogens with zero attached hydrogens (tertiary/aromatic N) is 4. The standard InChI is InChI=1S/C21H24N4O4/c1-4-5-15-12-16(13-18(28-2)19(15)29-3)20(26)24-8-10-25(11-9-24)21(27)17-14-22-6-7-23-17/h4,6-7,12-14H,1,5,8-11H2,2-3H3. The third-order valence-corrected chi connectivity index (χ3v) is 4.80. The fourth-order valence-corrected chi connectivity index (χ4v) is 3.34. The normalized spacial score (nSPS) is 13.7. The Morgan fingerprint density at radius 1 is 1.07 bits per heavy atom. The number of amides is 2. The lowest BCUT2D eigenvalue weighted by Gasteiger charge is -2.34. The highest BCUT2D eigenvalue weighted by molar-refractivity contribution is 5.96. The Bertz CT molecular complexity index is 893. The number of carbonyl (C=O) groups is 2. The van der Waals surface area contributed by atoms with E-state index < -0.39 is 0 Å². The minimum atomic E-state index is -0.176. The second kappa shape index (κ2) is 9.18. The molecule has 0 atom stereocenters. The van der Waals surface area contributed by atoms with Crippen LogP contribution in [0.4, 0.5) is 0 Å². The highest BCUT2D eigenvalue weighted by Gasteiger charge is 2.27.